The normalized spacial score (nSPS) is 14.1. The highest BCUT2D eigenvalue weighted by Crippen LogP contribution is 2.65. The topological polar surface area (TPSA) is 8.17 Å². The number of hydrogen-bond acceptors (Lipinski definition) is 1. The summed E-state index contributed by atoms with van der Waals surface area (Å²) in [6.07, 6.45) is 0. The minimum Gasteiger partial charge on any atom is -0.322 e. The first kappa shape index (κ1) is 37.5. The van der Waals surface area contributed by atoms with E-state index in [-0.39, 0.29) is 0 Å². The predicted molar refractivity (Wildman–Crippen MR) is 282 cm³/mol. The van der Waals surface area contributed by atoms with Crippen LogP contribution in [0.2, 0.25) is 0 Å². The Labute approximate surface area is 395 Å². The van der Waals surface area contributed by atoms with Crippen molar-refractivity contribution < 1.29 is 0 Å². The zero-order valence-corrected chi connectivity index (χ0v) is 37.1. The maximum atomic E-state index is 2.69. The summed E-state index contributed by atoms with van der Waals surface area (Å²) >= 11 is 0. The SMILES string of the molecule is c1ccc(N(c2ccc3c4ccccc4n(C4(c5ccc6ccccc6c5)c5ccccc5-c5ccccc54)c3c2)c2cccc3c2-c2ccccc2C32c3ccccc3-c3ccccc32)cc1. The van der Waals surface area contributed by atoms with Crippen LogP contribution in [0.4, 0.5) is 17.1 Å². The van der Waals surface area contributed by atoms with E-state index in [0.717, 1.165) is 17.1 Å². The zero-order chi connectivity index (χ0) is 44.6. The quantitative estimate of drug-likeness (QED) is 0.167. The fourth-order valence-corrected chi connectivity index (χ4v) is 13.1. The van der Waals surface area contributed by atoms with Gasteiger partial charge < -0.3 is 9.47 Å². The van der Waals surface area contributed by atoms with E-state index < -0.39 is 11.0 Å². The van der Waals surface area contributed by atoms with Crippen LogP contribution in [0.3, 0.4) is 0 Å². The first-order valence-corrected chi connectivity index (χ1v) is 23.8. The van der Waals surface area contributed by atoms with Gasteiger partial charge in [0.15, 0.2) is 0 Å². The van der Waals surface area contributed by atoms with Gasteiger partial charge in [0.1, 0.15) is 5.54 Å². The third-order valence-electron chi connectivity index (χ3n) is 15.6. The van der Waals surface area contributed by atoms with Gasteiger partial charge in [0.05, 0.1) is 22.1 Å². The Morgan fingerprint density at radius 1 is 0.309 bits per heavy atom. The number of nitrogens with zero attached hydrogens (tertiary/aromatic N) is 2. The maximum Gasteiger partial charge on any atom is 0.122 e. The Hall–Kier alpha value is -8.72. The van der Waals surface area contributed by atoms with E-state index in [1.165, 1.54) is 105 Å². The summed E-state index contributed by atoms with van der Waals surface area (Å²) in [5.41, 5.74) is 21.4. The number of anilines is 3. The number of aromatic nitrogens is 1. The van der Waals surface area contributed by atoms with Gasteiger partial charge in [0.2, 0.25) is 0 Å². The molecule has 0 fully saturated rings. The van der Waals surface area contributed by atoms with E-state index in [0.29, 0.717) is 0 Å². The van der Waals surface area contributed by atoms with E-state index in [4.69, 9.17) is 0 Å². The number of para-hydroxylation sites is 2. The minimum atomic E-state index is -0.697. The van der Waals surface area contributed by atoms with Crippen molar-refractivity contribution in [2.24, 2.45) is 0 Å². The Kier molecular flexibility index (Phi) is 7.67. The fourth-order valence-electron chi connectivity index (χ4n) is 13.1. The van der Waals surface area contributed by atoms with Crippen molar-refractivity contribution in [2.45, 2.75) is 11.0 Å². The van der Waals surface area contributed by atoms with Crippen molar-refractivity contribution in [3.05, 3.63) is 294 Å². The van der Waals surface area contributed by atoms with Crippen molar-refractivity contribution in [3.63, 3.8) is 0 Å². The highest BCUT2D eigenvalue weighted by Gasteiger charge is 2.53. The monoisotopic (exact) mass is 862 g/mol. The fraction of sp³-hybridized carbons (Fsp3) is 0.0303. The number of fused-ring (bicyclic) bond motifs is 17. The number of benzene rings is 11. The first-order valence-electron chi connectivity index (χ1n) is 23.8. The molecule has 11 aromatic carbocycles. The molecule has 316 valence electrons. The van der Waals surface area contributed by atoms with E-state index in [1.54, 1.807) is 0 Å². The number of hydrogen-bond donors (Lipinski definition) is 0. The first-order chi connectivity index (χ1) is 33.8. The van der Waals surface area contributed by atoms with Gasteiger partial charge >= 0.3 is 0 Å². The minimum absolute atomic E-state index is 0.455. The Morgan fingerprint density at radius 2 is 0.824 bits per heavy atom. The molecule has 12 aromatic rings. The molecule has 0 unspecified atom stereocenters. The van der Waals surface area contributed by atoms with Crippen LogP contribution < -0.4 is 4.90 Å². The molecule has 0 saturated carbocycles. The van der Waals surface area contributed by atoms with Gasteiger partial charge in [0, 0.05) is 27.7 Å². The van der Waals surface area contributed by atoms with E-state index in [1.807, 2.05) is 0 Å². The van der Waals surface area contributed by atoms with Crippen molar-refractivity contribution in [2.75, 3.05) is 4.90 Å². The third-order valence-corrected chi connectivity index (χ3v) is 15.6. The largest absolute Gasteiger partial charge is 0.322 e. The van der Waals surface area contributed by atoms with E-state index >= 15 is 0 Å². The molecule has 3 aliphatic rings. The second-order valence-electron chi connectivity index (χ2n) is 18.7. The molecular formula is C66H42N2. The molecule has 3 aliphatic carbocycles. The van der Waals surface area contributed by atoms with Gasteiger partial charge in [-0.2, -0.15) is 0 Å². The summed E-state index contributed by atoms with van der Waals surface area (Å²) in [5, 5.41) is 4.92. The lowest BCUT2D eigenvalue weighted by molar-refractivity contribution is 0.564. The van der Waals surface area contributed by atoms with Gasteiger partial charge in [-0.25, -0.2) is 0 Å². The maximum absolute atomic E-state index is 2.69. The summed E-state index contributed by atoms with van der Waals surface area (Å²) in [6, 6.07) is 95.6. The molecular weight excluding hydrogens is 821 g/mol. The molecule has 0 radical (unpaired) electrons. The second kappa shape index (κ2) is 13.9. The molecule has 0 aliphatic heterocycles. The molecule has 2 nitrogen and oxygen atoms in total. The van der Waals surface area contributed by atoms with Gasteiger partial charge in [-0.15, -0.1) is 0 Å². The summed E-state index contributed by atoms with van der Waals surface area (Å²) in [5.74, 6) is 0. The molecule has 1 aromatic heterocycles. The van der Waals surface area contributed by atoms with Crippen LogP contribution in [0.15, 0.2) is 255 Å². The molecule has 0 amide bonds. The van der Waals surface area contributed by atoms with Crippen molar-refractivity contribution >= 4 is 49.6 Å². The van der Waals surface area contributed by atoms with Crippen LogP contribution in [0.25, 0.3) is 66.0 Å². The Bertz CT molecular complexity index is 3970. The smallest absolute Gasteiger partial charge is 0.122 e. The van der Waals surface area contributed by atoms with Crippen LogP contribution in [-0.2, 0) is 11.0 Å². The van der Waals surface area contributed by atoms with Crippen molar-refractivity contribution in [3.8, 4) is 33.4 Å². The lowest BCUT2D eigenvalue weighted by atomic mass is 9.70. The molecule has 0 N–H and O–H groups in total. The van der Waals surface area contributed by atoms with Gasteiger partial charge in [-0.05, 0) is 120 Å². The molecule has 1 heterocycles. The Morgan fingerprint density at radius 3 is 1.51 bits per heavy atom. The van der Waals surface area contributed by atoms with Crippen molar-refractivity contribution in [1.29, 1.82) is 0 Å². The van der Waals surface area contributed by atoms with E-state index in [9.17, 15) is 0 Å². The Balaban J connectivity index is 1.05. The predicted octanol–water partition coefficient (Wildman–Crippen LogP) is 16.6. The lowest BCUT2D eigenvalue weighted by Gasteiger charge is -2.37. The third kappa shape index (κ3) is 4.71. The molecule has 15 rings (SSSR count). The van der Waals surface area contributed by atoms with Crippen LogP contribution >= 0.6 is 0 Å². The second-order valence-corrected chi connectivity index (χ2v) is 18.7. The molecule has 0 atom stereocenters. The molecule has 68 heavy (non-hydrogen) atoms. The summed E-state index contributed by atoms with van der Waals surface area (Å²) in [6.45, 7) is 0. The van der Waals surface area contributed by atoms with Crippen LogP contribution in [0.5, 0.6) is 0 Å². The van der Waals surface area contributed by atoms with Crippen LogP contribution in [0, 0.1) is 0 Å². The summed E-state index contributed by atoms with van der Waals surface area (Å²) < 4.78 is 2.69. The van der Waals surface area contributed by atoms with Gasteiger partial charge in [-0.1, -0.05) is 212 Å². The highest BCUT2D eigenvalue weighted by molar-refractivity contribution is 6.11. The standard InChI is InChI=1S/C66H42N2/c1-2-21-46(22-3-1)67(62-36-18-34-60-64(62)54-28-10-14-31-57(54)65(60)55-29-12-6-23-48(55)49-24-7-13-30-56(49)65)47-39-40-53-52-27-11-17-35-61(52)68(63(53)42-47)66(45-38-37-43-19-4-5-20-44(43)41-45)58-32-15-8-25-50(58)51-26-9-16-33-59(51)66/h1-42H. The molecule has 0 saturated heterocycles. The zero-order valence-electron chi connectivity index (χ0n) is 37.1. The summed E-state index contributed by atoms with van der Waals surface area (Å²) in [7, 11) is 0. The average molecular weight is 863 g/mol. The van der Waals surface area contributed by atoms with Gasteiger partial charge in [-0.3, -0.25) is 0 Å². The average Bonchev–Trinajstić information content (AvgIpc) is 4.10. The lowest BCUT2D eigenvalue weighted by Crippen LogP contribution is -2.35. The molecule has 1 spiro atoms. The molecule has 0 bridgehead atoms. The van der Waals surface area contributed by atoms with E-state index in [2.05, 4.69) is 264 Å². The van der Waals surface area contributed by atoms with Crippen molar-refractivity contribution in [1.82, 2.24) is 4.57 Å². The van der Waals surface area contributed by atoms with Crippen LogP contribution in [0.1, 0.15) is 38.9 Å². The van der Waals surface area contributed by atoms with Gasteiger partial charge in [0.25, 0.3) is 0 Å². The van der Waals surface area contributed by atoms with Crippen LogP contribution in [-0.4, -0.2) is 4.57 Å². The summed E-state index contributed by atoms with van der Waals surface area (Å²) in [4.78, 5) is 2.52. The number of rotatable bonds is 5. The molecule has 2 heteroatoms. The highest BCUT2D eigenvalue weighted by atomic mass is 15.2.